The highest BCUT2D eigenvalue weighted by molar-refractivity contribution is 7.91. The van der Waals surface area contributed by atoms with E-state index >= 15 is 0 Å². The third kappa shape index (κ3) is 7.55. The predicted octanol–water partition coefficient (Wildman–Crippen LogP) is 3.24. The van der Waals surface area contributed by atoms with Crippen LogP contribution >= 0.6 is 0 Å². The number of carbonyl (C=O) groups excluding carboxylic acids is 2. The van der Waals surface area contributed by atoms with Crippen LogP contribution in [0.3, 0.4) is 0 Å². The van der Waals surface area contributed by atoms with Crippen LogP contribution in [-0.4, -0.2) is 57.1 Å². The highest BCUT2D eigenvalue weighted by Crippen LogP contribution is 2.29. The summed E-state index contributed by atoms with van der Waals surface area (Å²) in [6.45, 7) is 3.52. The van der Waals surface area contributed by atoms with E-state index in [1.165, 1.54) is 29.2 Å². The molecule has 3 amide bonds. The lowest BCUT2D eigenvalue weighted by molar-refractivity contribution is -0.118. The summed E-state index contributed by atoms with van der Waals surface area (Å²) in [6.07, 6.45) is 0.345. The summed E-state index contributed by atoms with van der Waals surface area (Å²) in [5, 5.41) is 2.23. The maximum absolute atomic E-state index is 12.8. The van der Waals surface area contributed by atoms with Crippen molar-refractivity contribution in [3.05, 3.63) is 24.3 Å². The molecule has 2 rings (SSSR count). The SMILES string of the molecule is CC(C)(CCCCCN1CC(=O)NC1=O)CS(=O)(=O)c1cccc(OCC(F)F)c1. The van der Waals surface area contributed by atoms with E-state index in [2.05, 4.69) is 5.32 Å². The van der Waals surface area contributed by atoms with Gasteiger partial charge in [0.25, 0.3) is 6.43 Å². The number of rotatable bonds is 12. The van der Waals surface area contributed by atoms with Crippen LogP contribution in [0.15, 0.2) is 29.2 Å². The number of nitrogens with one attached hydrogen (secondary N) is 1. The Bertz CT molecular complexity index is 859. The number of sulfone groups is 1. The summed E-state index contributed by atoms with van der Waals surface area (Å²) in [7, 11) is -3.61. The standard InChI is InChI=1S/C20H28F2N2O5S/c1-20(2,9-4-3-5-10-24-12-18(25)23-19(24)26)14-30(27,28)16-8-6-7-15(11-16)29-13-17(21)22/h6-8,11,17H,3-5,9-10,12-14H2,1-2H3,(H,23,25,26). The van der Waals surface area contributed by atoms with Gasteiger partial charge < -0.3 is 9.64 Å². The third-order valence-electron chi connectivity index (χ3n) is 4.77. The van der Waals surface area contributed by atoms with Gasteiger partial charge in [-0.1, -0.05) is 32.8 Å². The Morgan fingerprint density at radius 2 is 1.93 bits per heavy atom. The number of imide groups is 1. The summed E-state index contributed by atoms with van der Waals surface area (Å²) in [5.74, 6) is -0.282. The van der Waals surface area contributed by atoms with E-state index in [1.54, 1.807) is 0 Å². The first kappa shape index (κ1) is 24.0. The van der Waals surface area contributed by atoms with Gasteiger partial charge >= 0.3 is 6.03 Å². The first-order chi connectivity index (χ1) is 14.0. The van der Waals surface area contributed by atoms with Crippen molar-refractivity contribution < 1.29 is 31.5 Å². The van der Waals surface area contributed by atoms with Crippen LogP contribution in [0.25, 0.3) is 0 Å². The van der Waals surface area contributed by atoms with E-state index in [0.29, 0.717) is 13.0 Å². The number of hydrogen-bond acceptors (Lipinski definition) is 5. The van der Waals surface area contributed by atoms with Crippen molar-refractivity contribution in [3.63, 3.8) is 0 Å². The summed E-state index contributed by atoms with van der Waals surface area (Å²) < 4.78 is 55.1. The molecule has 0 aliphatic carbocycles. The number of amides is 3. The molecular formula is C20H28F2N2O5S. The first-order valence-corrected chi connectivity index (χ1v) is 11.5. The number of unbranched alkanes of at least 4 members (excludes halogenated alkanes) is 2. The quantitative estimate of drug-likeness (QED) is 0.393. The number of nitrogens with zero attached hydrogens (tertiary/aromatic N) is 1. The molecule has 0 atom stereocenters. The molecule has 1 saturated heterocycles. The molecule has 1 aliphatic heterocycles. The van der Waals surface area contributed by atoms with Crippen LogP contribution in [0.1, 0.15) is 39.5 Å². The largest absolute Gasteiger partial charge is 0.488 e. The fourth-order valence-electron chi connectivity index (χ4n) is 3.33. The second-order valence-electron chi connectivity index (χ2n) is 8.19. The number of alkyl halides is 2. The van der Waals surface area contributed by atoms with Gasteiger partial charge in [-0.25, -0.2) is 22.0 Å². The smallest absolute Gasteiger partial charge is 0.324 e. The fourth-order valence-corrected chi connectivity index (χ4v) is 5.25. The van der Waals surface area contributed by atoms with E-state index in [0.717, 1.165) is 19.3 Å². The second kappa shape index (κ2) is 10.2. The molecule has 1 heterocycles. The van der Waals surface area contributed by atoms with Crippen molar-refractivity contribution in [3.8, 4) is 5.75 Å². The molecule has 7 nitrogen and oxygen atoms in total. The molecule has 0 unspecified atom stereocenters. The van der Waals surface area contributed by atoms with Crippen LogP contribution in [0.2, 0.25) is 0 Å². The Hall–Kier alpha value is -2.23. The Kier molecular flexibility index (Phi) is 8.17. The molecule has 0 aromatic heterocycles. The van der Waals surface area contributed by atoms with Gasteiger partial charge in [0.05, 0.1) is 10.6 Å². The second-order valence-corrected chi connectivity index (χ2v) is 10.2. The lowest BCUT2D eigenvalue weighted by Gasteiger charge is -2.24. The minimum atomic E-state index is -3.61. The zero-order valence-corrected chi connectivity index (χ0v) is 18.0. The molecule has 1 aromatic rings. The molecule has 1 aliphatic rings. The van der Waals surface area contributed by atoms with Gasteiger partial charge in [-0.2, -0.15) is 0 Å². The van der Waals surface area contributed by atoms with Gasteiger partial charge in [0.2, 0.25) is 5.91 Å². The lowest BCUT2D eigenvalue weighted by Crippen LogP contribution is -2.29. The molecule has 168 valence electrons. The highest BCUT2D eigenvalue weighted by Gasteiger charge is 2.28. The van der Waals surface area contributed by atoms with Gasteiger partial charge in [0.1, 0.15) is 18.9 Å². The van der Waals surface area contributed by atoms with Crippen molar-refractivity contribution in [2.24, 2.45) is 5.41 Å². The minimum Gasteiger partial charge on any atom is -0.488 e. The van der Waals surface area contributed by atoms with Gasteiger partial charge in [-0.3, -0.25) is 10.1 Å². The van der Waals surface area contributed by atoms with Crippen LogP contribution in [0.5, 0.6) is 5.75 Å². The zero-order chi connectivity index (χ0) is 22.4. The van der Waals surface area contributed by atoms with Gasteiger partial charge in [0, 0.05) is 6.54 Å². The Morgan fingerprint density at radius 1 is 1.20 bits per heavy atom. The molecule has 0 bridgehead atoms. The van der Waals surface area contributed by atoms with E-state index in [9.17, 15) is 26.8 Å². The molecule has 30 heavy (non-hydrogen) atoms. The number of hydrogen-bond donors (Lipinski definition) is 1. The maximum atomic E-state index is 12.8. The van der Waals surface area contributed by atoms with Crippen molar-refractivity contribution in [2.75, 3.05) is 25.4 Å². The summed E-state index contributed by atoms with van der Waals surface area (Å²) >= 11 is 0. The summed E-state index contributed by atoms with van der Waals surface area (Å²) in [6, 6.07) is 5.26. The van der Waals surface area contributed by atoms with Crippen LogP contribution in [0, 0.1) is 5.41 Å². The first-order valence-electron chi connectivity index (χ1n) is 9.81. The van der Waals surface area contributed by atoms with E-state index in [-0.39, 0.29) is 34.9 Å². The fraction of sp³-hybridized carbons (Fsp3) is 0.600. The minimum absolute atomic E-state index is 0.0482. The number of ether oxygens (including phenoxy) is 1. The van der Waals surface area contributed by atoms with Crippen LogP contribution < -0.4 is 10.1 Å². The molecule has 0 radical (unpaired) electrons. The molecular weight excluding hydrogens is 418 g/mol. The van der Waals surface area contributed by atoms with Crippen LogP contribution in [-0.2, 0) is 14.6 Å². The van der Waals surface area contributed by atoms with E-state index in [4.69, 9.17) is 4.74 Å². The van der Waals surface area contributed by atoms with Crippen molar-refractivity contribution in [2.45, 2.75) is 50.9 Å². The van der Waals surface area contributed by atoms with Gasteiger partial charge in [0.15, 0.2) is 9.84 Å². The Balaban J connectivity index is 1.82. The van der Waals surface area contributed by atoms with Gasteiger partial charge in [-0.05, 0) is 36.5 Å². The molecule has 0 spiro atoms. The van der Waals surface area contributed by atoms with Crippen LogP contribution in [0.4, 0.5) is 13.6 Å². The van der Waals surface area contributed by atoms with E-state index < -0.39 is 28.3 Å². The highest BCUT2D eigenvalue weighted by atomic mass is 32.2. The van der Waals surface area contributed by atoms with Crippen molar-refractivity contribution in [1.29, 1.82) is 0 Å². The van der Waals surface area contributed by atoms with Crippen molar-refractivity contribution >= 4 is 21.8 Å². The molecule has 1 fully saturated rings. The number of halogens is 2. The van der Waals surface area contributed by atoms with Gasteiger partial charge in [-0.15, -0.1) is 0 Å². The zero-order valence-electron chi connectivity index (χ0n) is 17.2. The lowest BCUT2D eigenvalue weighted by atomic mass is 9.89. The summed E-state index contributed by atoms with van der Waals surface area (Å²) in [5.41, 5.74) is -0.486. The molecule has 1 N–H and O–H groups in total. The Morgan fingerprint density at radius 3 is 2.57 bits per heavy atom. The summed E-state index contributed by atoms with van der Waals surface area (Å²) in [4.78, 5) is 24.1. The number of carbonyl (C=O) groups is 2. The van der Waals surface area contributed by atoms with Crippen molar-refractivity contribution in [1.82, 2.24) is 10.2 Å². The number of urea groups is 1. The average Bonchev–Trinajstić information content (AvgIpc) is 2.96. The van der Waals surface area contributed by atoms with E-state index in [1.807, 2.05) is 13.8 Å². The topological polar surface area (TPSA) is 92.8 Å². The monoisotopic (exact) mass is 446 g/mol. The average molecular weight is 447 g/mol. The Labute approximate surface area is 175 Å². The molecule has 0 saturated carbocycles. The predicted molar refractivity (Wildman–Crippen MR) is 107 cm³/mol. The molecule has 1 aromatic carbocycles. The maximum Gasteiger partial charge on any atom is 0.324 e. The normalized spacial score (nSPS) is 15.0. The molecule has 10 heteroatoms. The number of benzene rings is 1. The third-order valence-corrected chi connectivity index (χ3v) is 6.90.